The molecule has 3 nitrogen and oxygen atoms in total. The highest BCUT2D eigenvalue weighted by Gasteiger charge is 2.28. The van der Waals surface area contributed by atoms with Crippen molar-refractivity contribution in [2.24, 2.45) is 0 Å². The zero-order chi connectivity index (χ0) is 15.4. The third-order valence-electron chi connectivity index (χ3n) is 4.27. The number of phenolic OH excluding ortho intramolecular Hbond substituents is 1. The number of nitrogens with zero attached hydrogens (tertiary/aromatic N) is 1. The smallest absolute Gasteiger partial charge is 0.230 e. The molecule has 1 N–H and O–H groups in total. The van der Waals surface area contributed by atoms with Crippen LogP contribution in [-0.4, -0.2) is 22.5 Å². The van der Waals surface area contributed by atoms with E-state index in [0.29, 0.717) is 6.54 Å². The standard InChI is InChI=1S/C19H21NO2/c21-17-10-6-9-16(13-17)18-11-4-5-12-20(19(18)22)14-15-7-2-1-3-8-15/h1-3,6-10,13,18,21H,4-5,11-12,14H2. The highest BCUT2D eigenvalue weighted by Crippen LogP contribution is 2.30. The van der Waals surface area contributed by atoms with Crippen LogP contribution < -0.4 is 0 Å². The first-order chi connectivity index (χ1) is 10.7. The highest BCUT2D eigenvalue weighted by molar-refractivity contribution is 5.84. The first-order valence-electron chi connectivity index (χ1n) is 7.85. The molecule has 0 aromatic heterocycles. The van der Waals surface area contributed by atoms with Crippen LogP contribution in [0, 0.1) is 0 Å². The summed E-state index contributed by atoms with van der Waals surface area (Å²) in [5.41, 5.74) is 2.08. The summed E-state index contributed by atoms with van der Waals surface area (Å²) >= 11 is 0. The summed E-state index contributed by atoms with van der Waals surface area (Å²) in [6.45, 7) is 1.47. The van der Waals surface area contributed by atoms with Crippen LogP contribution >= 0.6 is 0 Å². The minimum Gasteiger partial charge on any atom is -0.508 e. The molecule has 1 aliphatic rings. The van der Waals surface area contributed by atoms with Gasteiger partial charge in [-0.15, -0.1) is 0 Å². The molecule has 0 aliphatic carbocycles. The van der Waals surface area contributed by atoms with Crippen LogP contribution in [0.2, 0.25) is 0 Å². The first kappa shape index (κ1) is 14.6. The molecule has 0 saturated carbocycles. The Morgan fingerprint density at radius 3 is 2.64 bits per heavy atom. The first-order valence-corrected chi connectivity index (χ1v) is 7.85. The van der Waals surface area contributed by atoms with Crippen molar-refractivity contribution >= 4 is 5.91 Å². The lowest BCUT2D eigenvalue weighted by molar-refractivity contribution is -0.132. The van der Waals surface area contributed by atoms with Crippen LogP contribution in [0.4, 0.5) is 0 Å². The topological polar surface area (TPSA) is 40.5 Å². The molecule has 3 heteroatoms. The van der Waals surface area contributed by atoms with Crippen molar-refractivity contribution < 1.29 is 9.90 Å². The molecule has 2 aromatic carbocycles. The summed E-state index contributed by atoms with van der Waals surface area (Å²) in [6.07, 6.45) is 2.93. The van der Waals surface area contributed by atoms with Crippen LogP contribution in [0.3, 0.4) is 0 Å². The number of likely N-dealkylation sites (tertiary alicyclic amines) is 1. The summed E-state index contributed by atoms with van der Waals surface area (Å²) in [4.78, 5) is 14.9. The quantitative estimate of drug-likeness (QED) is 0.938. The Bertz CT molecular complexity index is 639. The van der Waals surface area contributed by atoms with E-state index in [-0.39, 0.29) is 17.6 Å². The second kappa shape index (κ2) is 6.65. The summed E-state index contributed by atoms with van der Waals surface area (Å²) in [7, 11) is 0. The Morgan fingerprint density at radius 2 is 1.86 bits per heavy atom. The van der Waals surface area contributed by atoms with E-state index < -0.39 is 0 Å². The average Bonchev–Trinajstić information content (AvgIpc) is 2.71. The SMILES string of the molecule is O=C1C(c2cccc(O)c2)CCCCN1Cc1ccccc1. The fraction of sp³-hybridized carbons (Fsp3) is 0.316. The Kier molecular flexibility index (Phi) is 4.42. The second-order valence-corrected chi connectivity index (χ2v) is 5.89. The minimum absolute atomic E-state index is 0.140. The van der Waals surface area contributed by atoms with Crippen molar-refractivity contribution in [3.8, 4) is 5.75 Å². The van der Waals surface area contributed by atoms with Crippen molar-refractivity contribution in [1.29, 1.82) is 0 Å². The van der Waals surface area contributed by atoms with Crippen LogP contribution in [-0.2, 0) is 11.3 Å². The van der Waals surface area contributed by atoms with Gasteiger partial charge in [-0.3, -0.25) is 4.79 Å². The van der Waals surface area contributed by atoms with Gasteiger partial charge >= 0.3 is 0 Å². The van der Waals surface area contributed by atoms with E-state index in [9.17, 15) is 9.90 Å². The predicted molar refractivity (Wildman–Crippen MR) is 86.6 cm³/mol. The highest BCUT2D eigenvalue weighted by atomic mass is 16.3. The summed E-state index contributed by atoms with van der Waals surface area (Å²) in [5.74, 6) is 0.259. The summed E-state index contributed by atoms with van der Waals surface area (Å²) in [6, 6.07) is 17.2. The van der Waals surface area contributed by atoms with Gasteiger partial charge < -0.3 is 10.0 Å². The number of amides is 1. The third kappa shape index (κ3) is 3.30. The van der Waals surface area contributed by atoms with E-state index in [0.717, 1.165) is 36.9 Å². The van der Waals surface area contributed by atoms with E-state index in [1.165, 1.54) is 0 Å². The number of phenols is 1. The number of carbonyl (C=O) groups excluding carboxylic acids is 1. The van der Waals surface area contributed by atoms with E-state index in [1.807, 2.05) is 35.2 Å². The van der Waals surface area contributed by atoms with Crippen LogP contribution in [0.5, 0.6) is 5.75 Å². The van der Waals surface area contributed by atoms with Gasteiger partial charge in [0.25, 0.3) is 0 Å². The number of hydrogen-bond acceptors (Lipinski definition) is 2. The van der Waals surface area contributed by atoms with Crippen molar-refractivity contribution in [3.63, 3.8) is 0 Å². The molecule has 1 unspecified atom stereocenters. The fourth-order valence-corrected chi connectivity index (χ4v) is 3.12. The van der Waals surface area contributed by atoms with Gasteiger partial charge in [0.2, 0.25) is 5.91 Å². The molecule has 1 atom stereocenters. The number of rotatable bonds is 3. The van der Waals surface area contributed by atoms with Gasteiger partial charge in [-0.05, 0) is 36.1 Å². The Labute approximate surface area is 131 Å². The van der Waals surface area contributed by atoms with Crippen molar-refractivity contribution in [3.05, 3.63) is 65.7 Å². The van der Waals surface area contributed by atoms with Gasteiger partial charge in [0, 0.05) is 13.1 Å². The Morgan fingerprint density at radius 1 is 1.05 bits per heavy atom. The lowest BCUT2D eigenvalue weighted by Crippen LogP contribution is -2.33. The Hall–Kier alpha value is -2.29. The van der Waals surface area contributed by atoms with Crippen molar-refractivity contribution in [1.82, 2.24) is 4.90 Å². The molecule has 0 radical (unpaired) electrons. The molecule has 2 aromatic rings. The molecule has 1 saturated heterocycles. The number of benzene rings is 2. The van der Waals surface area contributed by atoms with Gasteiger partial charge in [0.1, 0.15) is 5.75 Å². The van der Waals surface area contributed by atoms with E-state index in [4.69, 9.17) is 0 Å². The molecular weight excluding hydrogens is 274 g/mol. The normalized spacial score (nSPS) is 19.0. The molecule has 1 amide bonds. The molecule has 0 spiro atoms. The largest absolute Gasteiger partial charge is 0.508 e. The van der Waals surface area contributed by atoms with Crippen LogP contribution in [0.1, 0.15) is 36.3 Å². The monoisotopic (exact) mass is 295 g/mol. The number of carbonyl (C=O) groups is 1. The van der Waals surface area contributed by atoms with Gasteiger partial charge in [0.05, 0.1) is 5.92 Å². The maximum atomic E-state index is 12.9. The van der Waals surface area contributed by atoms with Gasteiger partial charge in [0.15, 0.2) is 0 Å². The molecule has 0 bridgehead atoms. The Balaban J connectivity index is 1.81. The molecule has 3 rings (SSSR count). The predicted octanol–water partition coefficient (Wildman–Crippen LogP) is 3.69. The lowest BCUT2D eigenvalue weighted by atomic mass is 9.93. The molecule has 1 fully saturated rings. The molecule has 1 heterocycles. The molecular formula is C19H21NO2. The van der Waals surface area contributed by atoms with E-state index >= 15 is 0 Å². The fourth-order valence-electron chi connectivity index (χ4n) is 3.12. The van der Waals surface area contributed by atoms with Gasteiger partial charge in [-0.25, -0.2) is 0 Å². The average molecular weight is 295 g/mol. The van der Waals surface area contributed by atoms with E-state index in [1.54, 1.807) is 12.1 Å². The third-order valence-corrected chi connectivity index (χ3v) is 4.27. The van der Waals surface area contributed by atoms with Gasteiger partial charge in [-0.2, -0.15) is 0 Å². The van der Waals surface area contributed by atoms with Gasteiger partial charge in [-0.1, -0.05) is 48.9 Å². The van der Waals surface area contributed by atoms with Crippen LogP contribution in [0.15, 0.2) is 54.6 Å². The van der Waals surface area contributed by atoms with Crippen molar-refractivity contribution in [2.75, 3.05) is 6.54 Å². The second-order valence-electron chi connectivity index (χ2n) is 5.89. The van der Waals surface area contributed by atoms with Crippen molar-refractivity contribution in [2.45, 2.75) is 31.7 Å². The lowest BCUT2D eigenvalue weighted by Gasteiger charge is -2.25. The molecule has 22 heavy (non-hydrogen) atoms. The maximum absolute atomic E-state index is 12.9. The van der Waals surface area contributed by atoms with E-state index in [2.05, 4.69) is 12.1 Å². The zero-order valence-electron chi connectivity index (χ0n) is 12.6. The number of hydrogen-bond donors (Lipinski definition) is 1. The summed E-state index contributed by atoms with van der Waals surface area (Å²) in [5, 5.41) is 9.68. The molecule has 1 aliphatic heterocycles. The summed E-state index contributed by atoms with van der Waals surface area (Å²) < 4.78 is 0. The van der Waals surface area contributed by atoms with Crippen LogP contribution in [0.25, 0.3) is 0 Å². The molecule has 114 valence electrons. The zero-order valence-corrected chi connectivity index (χ0v) is 12.6. The number of aromatic hydroxyl groups is 1. The minimum atomic E-state index is -0.140. The maximum Gasteiger partial charge on any atom is 0.230 e.